The zero-order chi connectivity index (χ0) is 20.7. The van der Waals surface area contributed by atoms with Crippen LogP contribution >= 0.6 is 11.6 Å². The highest BCUT2D eigenvalue weighted by molar-refractivity contribution is 7.89. The van der Waals surface area contributed by atoms with Gasteiger partial charge in [-0.3, -0.25) is 4.79 Å². The number of hydrogen-bond acceptors (Lipinski definition) is 4. The van der Waals surface area contributed by atoms with Gasteiger partial charge in [-0.2, -0.15) is 0 Å². The number of amides is 1. The first-order chi connectivity index (χ1) is 13.2. The fraction of sp³-hybridized carbons (Fsp3) is 0.350. The summed E-state index contributed by atoms with van der Waals surface area (Å²) >= 11 is 5.98. The van der Waals surface area contributed by atoms with Crippen LogP contribution in [0.2, 0.25) is 5.02 Å². The van der Waals surface area contributed by atoms with E-state index in [-0.39, 0.29) is 23.8 Å². The highest BCUT2D eigenvalue weighted by Gasteiger charge is 2.20. The molecule has 2 aromatic rings. The summed E-state index contributed by atoms with van der Waals surface area (Å²) in [5.74, 6) is 0.554. The molecule has 0 bridgehead atoms. The fourth-order valence-electron chi connectivity index (χ4n) is 2.51. The van der Waals surface area contributed by atoms with E-state index in [1.165, 1.54) is 14.1 Å². The second-order valence-electron chi connectivity index (χ2n) is 6.53. The maximum absolute atomic E-state index is 12.4. The monoisotopic (exact) mass is 424 g/mol. The Labute approximate surface area is 171 Å². The smallest absolute Gasteiger partial charge is 0.242 e. The van der Waals surface area contributed by atoms with Crippen LogP contribution in [0.1, 0.15) is 24.0 Å². The number of carbonyl (C=O) groups excluding carboxylic acids is 1. The lowest BCUT2D eigenvalue weighted by Gasteiger charge is -2.15. The Hall–Kier alpha value is -2.09. The predicted molar refractivity (Wildman–Crippen MR) is 110 cm³/mol. The largest absolute Gasteiger partial charge is 0.494 e. The van der Waals surface area contributed by atoms with Gasteiger partial charge in [0.1, 0.15) is 5.75 Å². The van der Waals surface area contributed by atoms with Crippen molar-refractivity contribution in [3.8, 4) is 5.75 Å². The highest BCUT2D eigenvalue weighted by Crippen LogP contribution is 2.21. The molecule has 0 radical (unpaired) electrons. The number of rotatable bonds is 9. The van der Waals surface area contributed by atoms with E-state index in [0.717, 1.165) is 9.87 Å². The number of ether oxygens (including phenoxy) is 1. The number of nitrogens with zero attached hydrogens (tertiary/aromatic N) is 1. The van der Waals surface area contributed by atoms with Crippen molar-refractivity contribution in [2.45, 2.75) is 31.2 Å². The van der Waals surface area contributed by atoms with Gasteiger partial charge in [-0.05, 0) is 48.7 Å². The van der Waals surface area contributed by atoms with Crippen molar-refractivity contribution in [1.82, 2.24) is 9.62 Å². The summed E-state index contributed by atoms with van der Waals surface area (Å²) in [4.78, 5) is 12.3. The van der Waals surface area contributed by atoms with Crippen LogP contribution in [-0.2, 0) is 21.4 Å². The summed E-state index contributed by atoms with van der Waals surface area (Å²) in [5.41, 5.74) is 1.49. The summed E-state index contributed by atoms with van der Waals surface area (Å²) < 4.78 is 31.5. The molecular weight excluding hydrogens is 400 g/mol. The Morgan fingerprint density at radius 1 is 1.18 bits per heavy atom. The number of sulfonamides is 1. The lowest BCUT2D eigenvalue weighted by atomic mass is 10.2. The van der Waals surface area contributed by atoms with Gasteiger partial charge in [0, 0.05) is 32.1 Å². The van der Waals surface area contributed by atoms with Gasteiger partial charge in [0.2, 0.25) is 15.9 Å². The van der Waals surface area contributed by atoms with E-state index in [9.17, 15) is 13.2 Å². The van der Waals surface area contributed by atoms with Crippen molar-refractivity contribution < 1.29 is 17.9 Å². The van der Waals surface area contributed by atoms with Crippen molar-refractivity contribution in [3.63, 3.8) is 0 Å². The minimum atomic E-state index is -3.56. The Morgan fingerprint density at radius 2 is 1.89 bits per heavy atom. The molecule has 1 N–H and O–H groups in total. The number of hydrogen-bond donors (Lipinski definition) is 1. The molecule has 0 unspecified atom stereocenters. The molecule has 0 heterocycles. The molecule has 0 fully saturated rings. The number of aryl methyl sites for hydroxylation is 1. The number of nitrogens with one attached hydrogen (secondary N) is 1. The van der Waals surface area contributed by atoms with Crippen LogP contribution in [0.5, 0.6) is 5.75 Å². The molecule has 152 valence electrons. The second kappa shape index (κ2) is 9.91. The van der Waals surface area contributed by atoms with Crippen molar-refractivity contribution >= 4 is 27.5 Å². The Morgan fingerprint density at radius 3 is 2.57 bits per heavy atom. The molecule has 0 saturated heterocycles. The summed E-state index contributed by atoms with van der Waals surface area (Å²) in [6.45, 7) is 2.45. The summed E-state index contributed by atoms with van der Waals surface area (Å²) in [5, 5.41) is 3.45. The van der Waals surface area contributed by atoms with Gasteiger partial charge < -0.3 is 10.1 Å². The molecule has 0 aliphatic rings. The topological polar surface area (TPSA) is 75.7 Å². The van der Waals surface area contributed by atoms with Crippen LogP contribution in [0.4, 0.5) is 0 Å². The molecule has 6 nitrogen and oxygen atoms in total. The zero-order valence-electron chi connectivity index (χ0n) is 16.2. The first kappa shape index (κ1) is 22.2. The third-order valence-corrected chi connectivity index (χ3v) is 6.49. The van der Waals surface area contributed by atoms with E-state index >= 15 is 0 Å². The maximum Gasteiger partial charge on any atom is 0.242 e. The van der Waals surface area contributed by atoms with E-state index < -0.39 is 10.0 Å². The minimum Gasteiger partial charge on any atom is -0.494 e. The van der Waals surface area contributed by atoms with Gasteiger partial charge in [0.25, 0.3) is 0 Å². The summed E-state index contributed by atoms with van der Waals surface area (Å²) in [6, 6.07) is 12.1. The zero-order valence-corrected chi connectivity index (χ0v) is 17.8. The third kappa shape index (κ3) is 5.95. The molecule has 1 amide bonds. The average Bonchev–Trinajstić information content (AvgIpc) is 2.66. The molecule has 2 aromatic carbocycles. The van der Waals surface area contributed by atoms with Gasteiger partial charge in [-0.15, -0.1) is 0 Å². The third-order valence-electron chi connectivity index (χ3n) is 4.15. The van der Waals surface area contributed by atoms with Crippen LogP contribution in [0.3, 0.4) is 0 Å². The Kier molecular flexibility index (Phi) is 7.86. The molecule has 2 rings (SSSR count). The van der Waals surface area contributed by atoms with Crippen LogP contribution in [0, 0.1) is 6.92 Å². The Bertz CT molecular complexity index is 930. The molecule has 0 spiro atoms. The van der Waals surface area contributed by atoms with Crippen molar-refractivity contribution in [1.29, 1.82) is 0 Å². The van der Waals surface area contributed by atoms with Gasteiger partial charge in [-0.25, -0.2) is 12.7 Å². The maximum atomic E-state index is 12.4. The molecule has 0 aliphatic heterocycles. The van der Waals surface area contributed by atoms with Crippen molar-refractivity contribution in [2.24, 2.45) is 0 Å². The van der Waals surface area contributed by atoms with E-state index in [1.807, 2.05) is 13.0 Å². The molecule has 0 aromatic heterocycles. The molecule has 0 atom stereocenters. The Balaban J connectivity index is 1.82. The number of benzene rings is 2. The number of carbonyl (C=O) groups is 1. The normalized spacial score (nSPS) is 11.5. The molecule has 0 aliphatic carbocycles. The summed E-state index contributed by atoms with van der Waals surface area (Å²) in [6.07, 6.45) is 0.834. The van der Waals surface area contributed by atoms with Gasteiger partial charge in [-0.1, -0.05) is 29.8 Å². The van der Waals surface area contributed by atoms with Crippen LogP contribution in [-0.4, -0.2) is 39.3 Å². The van der Waals surface area contributed by atoms with Crippen molar-refractivity contribution in [2.75, 3.05) is 20.7 Å². The number of halogens is 1. The first-order valence-corrected chi connectivity index (χ1v) is 10.7. The highest BCUT2D eigenvalue weighted by atomic mass is 35.5. The molecule has 8 heteroatoms. The van der Waals surface area contributed by atoms with Gasteiger partial charge in [0.15, 0.2) is 0 Å². The molecular formula is C20H25ClN2O4S. The molecule has 28 heavy (non-hydrogen) atoms. The minimum absolute atomic E-state index is 0.152. The van der Waals surface area contributed by atoms with Gasteiger partial charge in [0.05, 0.1) is 11.5 Å². The van der Waals surface area contributed by atoms with E-state index in [0.29, 0.717) is 29.4 Å². The van der Waals surface area contributed by atoms with Crippen LogP contribution in [0.15, 0.2) is 47.4 Å². The van der Waals surface area contributed by atoms with E-state index in [1.54, 1.807) is 36.4 Å². The standard InChI is InChI=1S/C20H25ClN2O4S/c1-15-13-17(10-11-18(15)21)27-12-6-9-20(24)22-14-16-7-4-5-8-19(16)28(25,26)23(2)3/h4-5,7-8,10-11,13H,6,9,12,14H2,1-3H3,(H,22,24). The fourth-order valence-corrected chi connectivity index (χ4v) is 3.74. The predicted octanol–water partition coefficient (Wildman–Crippen LogP) is 3.37. The lowest BCUT2D eigenvalue weighted by Crippen LogP contribution is -2.27. The second-order valence-corrected chi connectivity index (χ2v) is 9.06. The first-order valence-electron chi connectivity index (χ1n) is 8.88. The van der Waals surface area contributed by atoms with Crippen LogP contribution < -0.4 is 10.1 Å². The lowest BCUT2D eigenvalue weighted by molar-refractivity contribution is -0.121. The van der Waals surface area contributed by atoms with Gasteiger partial charge >= 0.3 is 0 Å². The summed E-state index contributed by atoms with van der Waals surface area (Å²) in [7, 11) is -0.603. The van der Waals surface area contributed by atoms with E-state index in [4.69, 9.17) is 16.3 Å². The quantitative estimate of drug-likeness (QED) is 0.626. The van der Waals surface area contributed by atoms with E-state index in [2.05, 4.69) is 5.32 Å². The molecule has 0 saturated carbocycles. The average molecular weight is 425 g/mol. The van der Waals surface area contributed by atoms with Crippen molar-refractivity contribution in [3.05, 3.63) is 58.6 Å². The van der Waals surface area contributed by atoms with Crippen LogP contribution in [0.25, 0.3) is 0 Å². The SMILES string of the molecule is Cc1cc(OCCCC(=O)NCc2ccccc2S(=O)(=O)N(C)C)ccc1Cl.